The summed E-state index contributed by atoms with van der Waals surface area (Å²) in [6.45, 7) is 5.91. The molecule has 0 N–H and O–H groups in total. The molecule has 0 saturated carbocycles. The van der Waals surface area contributed by atoms with Crippen LogP contribution < -0.4 is 0 Å². The quantitative estimate of drug-likeness (QED) is 0.432. The first-order valence-corrected chi connectivity index (χ1v) is 3.91. The van der Waals surface area contributed by atoms with Gasteiger partial charge in [0.2, 0.25) is 0 Å². The zero-order valence-corrected chi connectivity index (χ0v) is 7.52. The molecule has 0 fully saturated rings. The van der Waals surface area contributed by atoms with E-state index in [9.17, 15) is 0 Å². The third-order valence-electron chi connectivity index (χ3n) is 1.28. The molecule has 0 aliphatic carbocycles. The average Bonchev–Trinajstić information content (AvgIpc) is 2.05. The largest absolute Gasteiger partial charge is 0.265 e. The first-order valence-electron chi connectivity index (χ1n) is 3.91. The van der Waals surface area contributed by atoms with Gasteiger partial charge in [0.1, 0.15) is 0 Å². The van der Waals surface area contributed by atoms with Crippen molar-refractivity contribution in [2.75, 3.05) is 0 Å². The second-order valence-electron chi connectivity index (χ2n) is 2.13. The molecule has 0 aliphatic rings. The van der Waals surface area contributed by atoms with Crippen molar-refractivity contribution in [3.05, 3.63) is 12.3 Å². The predicted molar refractivity (Wildman–Crippen MR) is 50.6 cm³/mol. The Balaban J connectivity index is 4.00. The highest BCUT2D eigenvalue weighted by Crippen LogP contribution is 1.92. The molecule has 60 valence electrons. The summed E-state index contributed by atoms with van der Waals surface area (Å²) in [5, 5.41) is 0. The predicted octanol–water partition coefficient (Wildman–Crippen LogP) is 2.78. The van der Waals surface area contributed by atoms with Gasteiger partial charge in [-0.3, -0.25) is 4.99 Å². The van der Waals surface area contributed by atoms with Gasteiger partial charge in [-0.1, -0.05) is 18.9 Å². The molecule has 0 aromatic carbocycles. The first kappa shape index (κ1) is 9.97. The van der Waals surface area contributed by atoms with Crippen LogP contribution in [0.2, 0.25) is 0 Å². The van der Waals surface area contributed by atoms with Crippen molar-refractivity contribution in [2.45, 2.75) is 33.6 Å². The Morgan fingerprint density at radius 2 is 2.27 bits per heavy atom. The summed E-state index contributed by atoms with van der Waals surface area (Å²) >= 11 is 0. The Labute approximate surface area is 69.2 Å². The highest BCUT2D eigenvalue weighted by Gasteiger charge is 1.89. The summed E-state index contributed by atoms with van der Waals surface area (Å²) in [7, 11) is 0. The van der Waals surface area contributed by atoms with Gasteiger partial charge in [-0.05, 0) is 20.3 Å². The van der Waals surface area contributed by atoms with Gasteiger partial charge in [0.25, 0.3) is 0 Å². The van der Waals surface area contributed by atoms with Crippen molar-refractivity contribution in [3.8, 4) is 11.8 Å². The second kappa shape index (κ2) is 7.08. The van der Waals surface area contributed by atoms with Gasteiger partial charge in [0.15, 0.2) is 0 Å². The molecule has 0 heterocycles. The van der Waals surface area contributed by atoms with Crippen molar-refractivity contribution in [2.24, 2.45) is 4.99 Å². The minimum Gasteiger partial charge on any atom is -0.265 e. The molecule has 1 nitrogen and oxygen atoms in total. The van der Waals surface area contributed by atoms with Crippen LogP contribution >= 0.6 is 0 Å². The summed E-state index contributed by atoms with van der Waals surface area (Å²) in [5.41, 5.74) is 1.15. The lowest BCUT2D eigenvalue weighted by Gasteiger charge is -1.93. The van der Waals surface area contributed by atoms with Crippen LogP contribution in [0.25, 0.3) is 0 Å². The van der Waals surface area contributed by atoms with Crippen molar-refractivity contribution in [3.63, 3.8) is 0 Å². The molecule has 0 atom stereocenters. The van der Waals surface area contributed by atoms with Gasteiger partial charge in [-0.25, -0.2) is 0 Å². The van der Waals surface area contributed by atoms with Crippen molar-refractivity contribution >= 4 is 5.71 Å². The van der Waals surface area contributed by atoms with Crippen LogP contribution in [-0.2, 0) is 0 Å². The van der Waals surface area contributed by atoms with E-state index in [2.05, 4.69) is 23.8 Å². The molecular weight excluding hydrogens is 134 g/mol. The Hall–Kier alpha value is -1.03. The smallest absolute Gasteiger partial charge is 0.0474 e. The third-order valence-corrected chi connectivity index (χ3v) is 1.28. The molecule has 0 unspecified atom stereocenters. The number of hydrogen-bond donors (Lipinski definition) is 0. The standard InChI is InChI=1S/C10H15N/c1-4-7-8-10(6-3)11-9-5-2/h5,9H,6,8H2,1-3H3/b9-5-,11-10?. The summed E-state index contributed by atoms with van der Waals surface area (Å²) in [4.78, 5) is 4.23. The SMILES string of the molecule is CC#CCC(CC)=N/C=C\C. The van der Waals surface area contributed by atoms with E-state index in [0.717, 1.165) is 18.6 Å². The van der Waals surface area contributed by atoms with Gasteiger partial charge in [-0.15, -0.1) is 5.92 Å². The Kier molecular flexibility index (Phi) is 6.42. The lowest BCUT2D eigenvalue weighted by atomic mass is 10.2. The van der Waals surface area contributed by atoms with Crippen molar-refractivity contribution in [1.29, 1.82) is 0 Å². The summed E-state index contributed by atoms with van der Waals surface area (Å²) in [6, 6.07) is 0. The van der Waals surface area contributed by atoms with E-state index in [1.54, 1.807) is 0 Å². The minimum atomic E-state index is 0.803. The van der Waals surface area contributed by atoms with Gasteiger partial charge in [0.05, 0.1) is 0 Å². The van der Waals surface area contributed by atoms with Crippen LogP contribution in [0, 0.1) is 11.8 Å². The fourth-order valence-electron chi connectivity index (χ4n) is 0.632. The van der Waals surface area contributed by atoms with E-state index >= 15 is 0 Å². The van der Waals surface area contributed by atoms with Crippen LogP contribution in [0.3, 0.4) is 0 Å². The fraction of sp³-hybridized carbons (Fsp3) is 0.500. The zero-order valence-electron chi connectivity index (χ0n) is 7.52. The van der Waals surface area contributed by atoms with Crippen LogP contribution in [-0.4, -0.2) is 5.71 Å². The lowest BCUT2D eigenvalue weighted by Crippen LogP contribution is -1.92. The van der Waals surface area contributed by atoms with Crippen molar-refractivity contribution < 1.29 is 0 Å². The third kappa shape index (κ3) is 5.42. The monoisotopic (exact) mass is 149 g/mol. The van der Waals surface area contributed by atoms with Crippen LogP contribution in [0.4, 0.5) is 0 Å². The molecular formula is C10H15N. The second-order valence-corrected chi connectivity index (χ2v) is 2.13. The molecule has 0 spiro atoms. The maximum atomic E-state index is 4.23. The molecule has 0 aromatic heterocycles. The van der Waals surface area contributed by atoms with Gasteiger partial charge >= 0.3 is 0 Å². The molecule has 0 saturated heterocycles. The van der Waals surface area contributed by atoms with Crippen LogP contribution in [0.1, 0.15) is 33.6 Å². The highest BCUT2D eigenvalue weighted by molar-refractivity contribution is 5.86. The first-order chi connectivity index (χ1) is 5.35. The molecule has 0 amide bonds. The Morgan fingerprint density at radius 1 is 1.55 bits per heavy atom. The normalized spacial score (nSPS) is 11.4. The number of aliphatic imine (C=N–C) groups is 1. The van der Waals surface area contributed by atoms with Gasteiger partial charge in [-0.2, -0.15) is 0 Å². The minimum absolute atomic E-state index is 0.803. The zero-order chi connectivity index (χ0) is 8.53. The maximum Gasteiger partial charge on any atom is 0.0474 e. The van der Waals surface area contributed by atoms with E-state index < -0.39 is 0 Å². The van der Waals surface area contributed by atoms with E-state index in [0.29, 0.717) is 0 Å². The Bertz CT molecular complexity index is 201. The molecule has 0 rings (SSSR count). The van der Waals surface area contributed by atoms with E-state index in [1.807, 2.05) is 26.1 Å². The van der Waals surface area contributed by atoms with E-state index in [4.69, 9.17) is 0 Å². The highest BCUT2D eigenvalue weighted by atomic mass is 14.7. The number of nitrogens with zero attached hydrogens (tertiary/aromatic N) is 1. The van der Waals surface area contributed by atoms with Crippen molar-refractivity contribution in [1.82, 2.24) is 0 Å². The van der Waals surface area contributed by atoms with Gasteiger partial charge < -0.3 is 0 Å². The fourth-order valence-corrected chi connectivity index (χ4v) is 0.632. The summed E-state index contributed by atoms with van der Waals surface area (Å²) < 4.78 is 0. The van der Waals surface area contributed by atoms with Crippen LogP contribution in [0.15, 0.2) is 17.3 Å². The molecule has 0 aliphatic heterocycles. The summed E-state index contributed by atoms with van der Waals surface area (Å²) in [5.74, 6) is 5.85. The lowest BCUT2D eigenvalue weighted by molar-refractivity contribution is 1.22. The van der Waals surface area contributed by atoms with Gasteiger partial charge in [0, 0.05) is 18.3 Å². The van der Waals surface area contributed by atoms with Crippen LogP contribution in [0.5, 0.6) is 0 Å². The summed E-state index contributed by atoms with van der Waals surface area (Å²) in [6.07, 6.45) is 5.53. The topological polar surface area (TPSA) is 12.4 Å². The molecule has 1 heteroatoms. The van der Waals surface area contributed by atoms with E-state index in [-0.39, 0.29) is 0 Å². The maximum absolute atomic E-state index is 4.23. The molecule has 0 bridgehead atoms. The average molecular weight is 149 g/mol. The number of hydrogen-bond acceptors (Lipinski definition) is 1. The Morgan fingerprint density at radius 3 is 2.73 bits per heavy atom. The number of rotatable bonds is 3. The number of allylic oxidation sites excluding steroid dienone is 1. The molecule has 0 aromatic rings. The molecule has 11 heavy (non-hydrogen) atoms. The molecule has 0 radical (unpaired) electrons. The van der Waals surface area contributed by atoms with E-state index in [1.165, 1.54) is 0 Å².